The molecule has 0 N–H and O–H groups in total. The van der Waals surface area contributed by atoms with Gasteiger partial charge in [-0.3, -0.25) is 18.9 Å². The lowest BCUT2D eigenvalue weighted by Crippen LogP contribution is -2.31. The molecule has 172 valence electrons. The monoisotopic (exact) mass is 458 g/mol. The number of aryl methyl sites for hydroxylation is 1. The third-order valence-corrected chi connectivity index (χ3v) is 6.08. The highest BCUT2D eigenvalue weighted by molar-refractivity contribution is 5.87. The lowest BCUT2D eigenvalue weighted by molar-refractivity contribution is -0.125. The summed E-state index contributed by atoms with van der Waals surface area (Å²) in [6.45, 7) is 6.42. The van der Waals surface area contributed by atoms with E-state index in [4.69, 9.17) is 4.74 Å². The third kappa shape index (κ3) is 3.77. The van der Waals surface area contributed by atoms with Crippen molar-refractivity contribution >= 4 is 16.9 Å². The van der Waals surface area contributed by atoms with E-state index in [0.717, 1.165) is 5.56 Å². The molecule has 7 nitrogen and oxygen atoms in total. The standard InChI is InChI=1S/C26H23FN4O3/c1-3-25(32)29-12-10-19(16-29)31-22-9-11-28-15-23(22)30(26(31)33)18-7-8-24(21(27)14-18)34-20-6-4-5-17(2)13-20/h3-9,11,13-15,19H,1,10,12,16H2,2H3/t19-/m1/s1. The van der Waals surface area contributed by atoms with Gasteiger partial charge in [-0.1, -0.05) is 18.7 Å². The lowest BCUT2D eigenvalue weighted by Gasteiger charge is -2.15. The molecule has 0 unspecified atom stereocenters. The summed E-state index contributed by atoms with van der Waals surface area (Å²) in [5.74, 6) is -0.144. The van der Waals surface area contributed by atoms with Gasteiger partial charge < -0.3 is 9.64 Å². The van der Waals surface area contributed by atoms with Crippen LogP contribution >= 0.6 is 0 Å². The third-order valence-electron chi connectivity index (χ3n) is 6.08. The van der Waals surface area contributed by atoms with Crippen LogP contribution in [0, 0.1) is 12.7 Å². The number of carbonyl (C=O) groups is 1. The highest BCUT2D eigenvalue weighted by Gasteiger charge is 2.30. The molecule has 8 heteroatoms. The van der Waals surface area contributed by atoms with Gasteiger partial charge in [0.05, 0.1) is 29.0 Å². The van der Waals surface area contributed by atoms with Crippen LogP contribution < -0.4 is 10.4 Å². The molecule has 1 atom stereocenters. The first-order valence-electron chi connectivity index (χ1n) is 11.0. The zero-order valence-electron chi connectivity index (χ0n) is 18.6. The van der Waals surface area contributed by atoms with Crippen molar-refractivity contribution in [1.29, 1.82) is 0 Å². The van der Waals surface area contributed by atoms with Gasteiger partial charge in [0, 0.05) is 25.4 Å². The van der Waals surface area contributed by atoms with Crippen LogP contribution in [0.15, 0.2) is 78.4 Å². The molecule has 5 rings (SSSR count). The summed E-state index contributed by atoms with van der Waals surface area (Å²) < 4.78 is 23.8. The Morgan fingerprint density at radius 3 is 2.82 bits per heavy atom. The van der Waals surface area contributed by atoms with Crippen LogP contribution in [0.3, 0.4) is 0 Å². The van der Waals surface area contributed by atoms with E-state index in [2.05, 4.69) is 11.6 Å². The molecule has 2 aromatic heterocycles. The zero-order chi connectivity index (χ0) is 23.8. The number of hydrogen-bond acceptors (Lipinski definition) is 4. The molecule has 2 aromatic carbocycles. The van der Waals surface area contributed by atoms with Crippen molar-refractivity contribution in [2.75, 3.05) is 13.1 Å². The second-order valence-electron chi connectivity index (χ2n) is 8.32. The van der Waals surface area contributed by atoms with E-state index in [0.29, 0.717) is 42.0 Å². The van der Waals surface area contributed by atoms with Crippen LogP contribution in [-0.4, -0.2) is 38.0 Å². The fraction of sp³-hybridized carbons (Fsp3) is 0.192. The zero-order valence-corrected chi connectivity index (χ0v) is 18.6. The predicted octanol–water partition coefficient (Wildman–Crippen LogP) is 4.39. The number of halogens is 1. The molecule has 0 spiro atoms. The maximum absolute atomic E-state index is 15.0. The minimum Gasteiger partial charge on any atom is -0.454 e. The van der Waals surface area contributed by atoms with Gasteiger partial charge in [-0.25, -0.2) is 9.18 Å². The first-order chi connectivity index (χ1) is 16.5. The summed E-state index contributed by atoms with van der Waals surface area (Å²) in [5, 5.41) is 0. The number of aromatic nitrogens is 3. The Hall–Kier alpha value is -4.20. The van der Waals surface area contributed by atoms with Crippen LogP contribution in [0.4, 0.5) is 4.39 Å². The summed E-state index contributed by atoms with van der Waals surface area (Å²) in [6.07, 6.45) is 5.12. The number of benzene rings is 2. The van der Waals surface area contributed by atoms with Crippen LogP contribution in [0.2, 0.25) is 0 Å². The Bertz CT molecular complexity index is 1470. The first kappa shape index (κ1) is 21.6. The van der Waals surface area contributed by atoms with Crippen molar-refractivity contribution in [3.63, 3.8) is 0 Å². The Labute approximate surface area is 195 Å². The number of fused-ring (bicyclic) bond motifs is 1. The van der Waals surface area contributed by atoms with Gasteiger partial charge in [-0.2, -0.15) is 0 Å². The molecule has 1 amide bonds. The van der Waals surface area contributed by atoms with E-state index < -0.39 is 5.82 Å². The summed E-state index contributed by atoms with van der Waals surface area (Å²) in [7, 11) is 0. The molecule has 0 aliphatic carbocycles. The summed E-state index contributed by atoms with van der Waals surface area (Å²) in [6, 6.07) is 13.3. The largest absolute Gasteiger partial charge is 0.454 e. The van der Waals surface area contributed by atoms with Crippen molar-refractivity contribution in [2.45, 2.75) is 19.4 Å². The highest BCUT2D eigenvalue weighted by Crippen LogP contribution is 2.29. The second kappa shape index (κ2) is 8.62. The molecule has 34 heavy (non-hydrogen) atoms. The SMILES string of the molecule is C=CC(=O)N1CC[C@@H](n2c(=O)n(-c3ccc(Oc4cccc(C)c4)c(F)c3)c3cnccc32)C1. The Morgan fingerprint density at radius 2 is 2.06 bits per heavy atom. The average molecular weight is 458 g/mol. The average Bonchev–Trinajstić information content (AvgIpc) is 3.42. The molecule has 1 saturated heterocycles. The number of hydrogen-bond donors (Lipinski definition) is 0. The van der Waals surface area contributed by atoms with E-state index in [9.17, 15) is 9.59 Å². The number of nitrogens with zero attached hydrogens (tertiary/aromatic N) is 4. The number of carbonyl (C=O) groups excluding carboxylic acids is 1. The van der Waals surface area contributed by atoms with Crippen molar-refractivity contribution in [3.8, 4) is 17.2 Å². The molecular formula is C26H23FN4O3. The Kier molecular flexibility index (Phi) is 5.49. The van der Waals surface area contributed by atoms with E-state index in [1.165, 1.54) is 22.8 Å². The Morgan fingerprint density at radius 1 is 1.21 bits per heavy atom. The Balaban J connectivity index is 1.54. The number of likely N-dealkylation sites (tertiary alicyclic amines) is 1. The fourth-order valence-corrected chi connectivity index (χ4v) is 4.47. The molecule has 0 bridgehead atoms. The molecule has 1 aliphatic rings. The van der Waals surface area contributed by atoms with Crippen molar-refractivity contribution in [3.05, 3.63) is 95.4 Å². The van der Waals surface area contributed by atoms with Gasteiger partial charge in [-0.15, -0.1) is 0 Å². The number of amides is 1. The quantitative estimate of drug-likeness (QED) is 0.416. The van der Waals surface area contributed by atoms with Crippen LogP contribution in [0.5, 0.6) is 11.5 Å². The van der Waals surface area contributed by atoms with Gasteiger partial charge in [0.2, 0.25) is 5.91 Å². The number of ether oxygens (including phenoxy) is 1. The minimum absolute atomic E-state index is 0.0682. The van der Waals surface area contributed by atoms with Crippen molar-refractivity contribution in [1.82, 2.24) is 19.0 Å². The molecule has 1 fully saturated rings. The fourth-order valence-electron chi connectivity index (χ4n) is 4.47. The second-order valence-corrected chi connectivity index (χ2v) is 8.32. The maximum Gasteiger partial charge on any atom is 0.334 e. The van der Waals surface area contributed by atoms with Crippen molar-refractivity contribution < 1.29 is 13.9 Å². The first-order valence-corrected chi connectivity index (χ1v) is 11.0. The van der Waals surface area contributed by atoms with Crippen LogP contribution in [-0.2, 0) is 4.79 Å². The molecule has 1 aliphatic heterocycles. The molecule has 3 heterocycles. The predicted molar refractivity (Wildman–Crippen MR) is 127 cm³/mol. The van der Waals surface area contributed by atoms with Crippen LogP contribution in [0.1, 0.15) is 18.0 Å². The van der Waals surface area contributed by atoms with E-state index >= 15 is 4.39 Å². The van der Waals surface area contributed by atoms with Gasteiger partial charge in [0.15, 0.2) is 11.6 Å². The molecular weight excluding hydrogens is 435 g/mol. The minimum atomic E-state index is -0.584. The molecule has 0 radical (unpaired) electrons. The van der Waals surface area contributed by atoms with Crippen LogP contribution in [0.25, 0.3) is 16.7 Å². The van der Waals surface area contributed by atoms with E-state index in [1.54, 1.807) is 40.1 Å². The summed E-state index contributed by atoms with van der Waals surface area (Å²) >= 11 is 0. The van der Waals surface area contributed by atoms with E-state index in [1.807, 2.05) is 25.1 Å². The molecule has 0 saturated carbocycles. The van der Waals surface area contributed by atoms with Crippen molar-refractivity contribution in [2.24, 2.45) is 0 Å². The topological polar surface area (TPSA) is 69.4 Å². The summed E-state index contributed by atoms with van der Waals surface area (Å²) in [5.41, 5.74) is 2.30. The van der Waals surface area contributed by atoms with E-state index in [-0.39, 0.29) is 23.4 Å². The lowest BCUT2D eigenvalue weighted by atomic mass is 10.2. The number of imidazole rings is 1. The van der Waals surface area contributed by atoms with Gasteiger partial charge in [0.1, 0.15) is 5.75 Å². The van der Waals surface area contributed by atoms with Gasteiger partial charge in [-0.05, 0) is 55.3 Å². The highest BCUT2D eigenvalue weighted by atomic mass is 19.1. The maximum atomic E-state index is 15.0. The normalized spacial score (nSPS) is 15.6. The smallest absolute Gasteiger partial charge is 0.334 e. The molecule has 4 aromatic rings. The summed E-state index contributed by atoms with van der Waals surface area (Å²) in [4.78, 5) is 31.4. The van der Waals surface area contributed by atoms with Gasteiger partial charge in [0.25, 0.3) is 0 Å². The number of rotatable bonds is 5. The number of pyridine rings is 1. The van der Waals surface area contributed by atoms with Gasteiger partial charge >= 0.3 is 5.69 Å².